The predicted octanol–water partition coefficient (Wildman–Crippen LogP) is 3.83. The van der Waals surface area contributed by atoms with Crippen LogP contribution in [0.3, 0.4) is 0 Å². The first-order valence-corrected chi connectivity index (χ1v) is 5.94. The van der Waals surface area contributed by atoms with Gasteiger partial charge in [-0.3, -0.25) is 4.79 Å². The Bertz CT molecular complexity index is 585. The van der Waals surface area contributed by atoms with E-state index in [0.29, 0.717) is 22.0 Å². The van der Waals surface area contributed by atoms with E-state index in [1.807, 2.05) is 18.2 Å². The number of hydrogen-bond donors (Lipinski definition) is 2. The van der Waals surface area contributed by atoms with Crippen molar-refractivity contribution in [3.05, 3.63) is 58.1 Å². The van der Waals surface area contributed by atoms with Gasteiger partial charge in [0.2, 0.25) is 0 Å². The van der Waals surface area contributed by atoms with Crippen molar-refractivity contribution in [3.8, 4) is 0 Å². The molecule has 3 N–H and O–H groups in total. The van der Waals surface area contributed by atoms with E-state index in [2.05, 4.69) is 5.32 Å². The minimum atomic E-state index is -0.326. The summed E-state index contributed by atoms with van der Waals surface area (Å²) >= 11 is 11.8. The zero-order valence-corrected chi connectivity index (χ0v) is 10.8. The van der Waals surface area contributed by atoms with Crippen LogP contribution in [0, 0.1) is 0 Å². The summed E-state index contributed by atoms with van der Waals surface area (Å²) in [5.41, 5.74) is 6.92. The van der Waals surface area contributed by atoms with Crippen LogP contribution in [0.25, 0.3) is 0 Å². The zero-order valence-electron chi connectivity index (χ0n) is 9.28. The number of anilines is 2. The Kier molecular flexibility index (Phi) is 3.75. The minimum Gasteiger partial charge on any atom is -0.397 e. The standard InChI is InChI=1S/C13H10Cl2N2O/c14-10-7-12(16)11(15)6-9(10)13(18)17-8-4-2-1-3-5-8/h1-7H,16H2,(H,17,18). The van der Waals surface area contributed by atoms with Crippen molar-refractivity contribution >= 4 is 40.5 Å². The molecule has 2 aromatic carbocycles. The fourth-order valence-electron chi connectivity index (χ4n) is 1.46. The Morgan fingerprint density at radius 2 is 1.72 bits per heavy atom. The third kappa shape index (κ3) is 2.75. The van der Waals surface area contributed by atoms with Gasteiger partial charge < -0.3 is 11.1 Å². The lowest BCUT2D eigenvalue weighted by Gasteiger charge is -2.08. The molecule has 0 spiro atoms. The maximum absolute atomic E-state index is 12.0. The lowest BCUT2D eigenvalue weighted by molar-refractivity contribution is 0.102. The minimum absolute atomic E-state index is 0.269. The first-order chi connectivity index (χ1) is 8.58. The Morgan fingerprint density at radius 3 is 2.39 bits per heavy atom. The summed E-state index contributed by atoms with van der Waals surface area (Å²) in [7, 11) is 0. The lowest BCUT2D eigenvalue weighted by Crippen LogP contribution is -2.12. The molecule has 0 unspecified atom stereocenters. The van der Waals surface area contributed by atoms with Gasteiger partial charge in [-0.2, -0.15) is 0 Å². The van der Waals surface area contributed by atoms with Crippen molar-refractivity contribution in [2.24, 2.45) is 0 Å². The van der Waals surface area contributed by atoms with Gasteiger partial charge in [-0.05, 0) is 24.3 Å². The number of rotatable bonds is 2. The third-order valence-electron chi connectivity index (χ3n) is 2.36. The van der Waals surface area contributed by atoms with Crippen LogP contribution in [-0.2, 0) is 0 Å². The number of para-hydroxylation sites is 1. The molecular formula is C13H10Cl2N2O. The largest absolute Gasteiger partial charge is 0.397 e. The van der Waals surface area contributed by atoms with Crippen LogP contribution in [0.4, 0.5) is 11.4 Å². The van der Waals surface area contributed by atoms with Crippen molar-refractivity contribution < 1.29 is 4.79 Å². The molecule has 0 saturated heterocycles. The Labute approximate surface area is 115 Å². The maximum Gasteiger partial charge on any atom is 0.257 e. The number of benzene rings is 2. The molecule has 92 valence electrons. The van der Waals surface area contributed by atoms with Crippen LogP contribution < -0.4 is 11.1 Å². The van der Waals surface area contributed by atoms with Gasteiger partial charge in [-0.25, -0.2) is 0 Å². The summed E-state index contributed by atoms with van der Waals surface area (Å²) in [6, 6.07) is 12.0. The molecular weight excluding hydrogens is 271 g/mol. The first-order valence-electron chi connectivity index (χ1n) is 5.19. The van der Waals surface area contributed by atoms with E-state index in [1.165, 1.54) is 12.1 Å². The molecule has 2 rings (SSSR count). The highest BCUT2D eigenvalue weighted by Crippen LogP contribution is 2.27. The number of carbonyl (C=O) groups excluding carboxylic acids is 1. The Hall–Kier alpha value is -1.71. The highest BCUT2D eigenvalue weighted by atomic mass is 35.5. The molecule has 0 aliphatic rings. The number of nitrogens with one attached hydrogen (secondary N) is 1. The van der Waals surface area contributed by atoms with E-state index in [-0.39, 0.29) is 10.9 Å². The SMILES string of the molecule is Nc1cc(Cl)c(C(=O)Nc2ccccc2)cc1Cl. The van der Waals surface area contributed by atoms with Crippen molar-refractivity contribution in [3.63, 3.8) is 0 Å². The van der Waals surface area contributed by atoms with Gasteiger partial charge in [0.1, 0.15) is 0 Å². The van der Waals surface area contributed by atoms with E-state index < -0.39 is 0 Å². The molecule has 0 radical (unpaired) electrons. The Balaban J connectivity index is 2.27. The first kappa shape index (κ1) is 12.7. The normalized spacial score (nSPS) is 10.1. The average Bonchev–Trinajstić information content (AvgIpc) is 2.35. The maximum atomic E-state index is 12.0. The van der Waals surface area contributed by atoms with E-state index in [9.17, 15) is 4.79 Å². The smallest absolute Gasteiger partial charge is 0.257 e. The molecule has 0 aromatic heterocycles. The van der Waals surface area contributed by atoms with Crippen molar-refractivity contribution in [1.29, 1.82) is 0 Å². The van der Waals surface area contributed by atoms with Gasteiger partial charge >= 0.3 is 0 Å². The topological polar surface area (TPSA) is 55.1 Å². The summed E-state index contributed by atoms with van der Waals surface area (Å²) in [6.07, 6.45) is 0. The second-order valence-corrected chi connectivity index (χ2v) is 4.49. The van der Waals surface area contributed by atoms with Crippen molar-refractivity contribution in [2.75, 3.05) is 11.1 Å². The van der Waals surface area contributed by atoms with E-state index in [1.54, 1.807) is 12.1 Å². The van der Waals surface area contributed by atoms with Crippen molar-refractivity contribution in [2.45, 2.75) is 0 Å². The summed E-state index contributed by atoms with van der Waals surface area (Å²) < 4.78 is 0. The molecule has 0 saturated carbocycles. The fraction of sp³-hybridized carbons (Fsp3) is 0. The molecule has 18 heavy (non-hydrogen) atoms. The van der Waals surface area contributed by atoms with Crippen molar-refractivity contribution in [1.82, 2.24) is 0 Å². The molecule has 5 heteroatoms. The third-order valence-corrected chi connectivity index (χ3v) is 3.00. The van der Waals surface area contributed by atoms with Gasteiger partial charge in [0.05, 0.1) is 21.3 Å². The predicted molar refractivity (Wildman–Crippen MR) is 75.3 cm³/mol. The molecule has 0 aliphatic carbocycles. The molecule has 0 fully saturated rings. The van der Waals surface area contributed by atoms with Crippen LogP contribution in [-0.4, -0.2) is 5.91 Å². The number of hydrogen-bond acceptors (Lipinski definition) is 2. The molecule has 0 heterocycles. The quantitative estimate of drug-likeness (QED) is 0.822. The van der Waals surface area contributed by atoms with Crippen LogP contribution >= 0.6 is 23.2 Å². The fourth-order valence-corrected chi connectivity index (χ4v) is 1.88. The number of halogens is 2. The van der Waals surface area contributed by atoms with Crippen LogP contribution in [0.5, 0.6) is 0 Å². The number of amides is 1. The average molecular weight is 281 g/mol. The summed E-state index contributed by atoms with van der Waals surface area (Å²) in [4.78, 5) is 12.0. The summed E-state index contributed by atoms with van der Waals surface area (Å²) in [6.45, 7) is 0. The number of nitrogen functional groups attached to an aromatic ring is 1. The zero-order chi connectivity index (χ0) is 13.1. The summed E-state index contributed by atoms with van der Waals surface area (Å²) in [5, 5.41) is 3.30. The molecule has 0 bridgehead atoms. The van der Waals surface area contributed by atoms with Crippen LogP contribution in [0.2, 0.25) is 10.0 Å². The van der Waals surface area contributed by atoms with Gasteiger partial charge in [0, 0.05) is 5.69 Å². The van der Waals surface area contributed by atoms with E-state index in [4.69, 9.17) is 28.9 Å². The second kappa shape index (κ2) is 5.29. The van der Waals surface area contributed by atoms with Gasteiger partial charge in [-0.1, -0.05) is 41.4 Å². The van der Waals surface area contributed by atoms with E-state index in [0.717, 1.165) is 0 Å². The highest BCUT2D eigenvalue weighted by molar-refractivity contribution is 6.37. The highest BCUT2D eigenvalue weighted by Gasteiger charge is 2.13. The number of nitrogens with two attached hydrogens (primary N) is 1. The summed E-state index contributed by atoms with van der Waals surface area (Å²) in [5.74, 6) is -0.326. The lowest BCUT2D eigenvalue weighted by atomic mass is 10.2. The van der Waals surface area contributed by atoms with Gasteiger partial charge in [0.15, 0.2) is 0 Å². The molecule has 3 nitrogen and oxygen atoms in total. The molecule has 2 aromatic rings. The van der Waals surface area contributed by atoms with E-state index >= 15 is 0 Å². The Morgan fingerprint density at radius 1 is 1.06 bits per heavy atom. The van der Waals surface area contributed by atoms with Gasteiger partial charge in [0.25, 0.3) is 5.91 Å². The van der Waals surface area contributed by atoms with Crippen LogP contribution in [0.15, 0.2) is 42.5 Å². The monoisotopic (exact) mass is 280 g/mol. The van der Waals surface area contributed by atoms with Crippen LogP contribution in [0.1, 0.15) is 10.4 Å². The van der Waals surface area contributed by atoms with Gasteiger partial charge in [-0.15, -0.1) is 0 Å². The molecule has 1 amide bonds. The second-order valence-electron chi connectivity index (χ2n) is 3.67. The molecule has 0 atom stereocenters. The number of carbonyl (C=O) groups is 1. The molecule has 0 aliphatic heterocycles.